The Morgan fingerprint density at radius 2 is 2.24 bits per heavy atom. The summed E-state index contributed by atoms with van der Waals surface area (Å²) in [5.74, 6) is 1.03. The number of aryl methyl sites for hydroxylation is 1. The molecule has 112 valence electrons. The lowest BCUT2D eigenvalue weighted by Gasteiger charge is -2.25. The Bertz CT molecular complexity index is 604. The summed E-state index contributed by atoms with van der Waals surface area (Å²) in [5.41, 5.74) is 2.64. The number of likely N-dealkylation sites (tertiary alicyclic amines) is 1. The highest BCUT2D eigenvalue weighted by molar-refractivity contribution is 5.40. The second-order valence-electron chi connectivity index (χ2n) is 5.97. The van der Waals surface area contributed by atoms with Crippen molar-refractivity contribution in [3.63, 3.8) is 0 Å². The van der Waals surface area contributed by atoms with E-state index in [2.05, 4.69) is 43.5 Å². The fourth-order valence-electron chi connectivity index (χ4n) is 3.02. The lowest BCUT2D eigenvalue weighted by Crippen LogP contribution is -2.24. The van der Waals surface area contributed by atoms with Gasteiger partial charge in [0.05, 0.1) is 12.0 Å². The summed E-state index contributed by atoms with van der Waals surface area (Å²) in [7, 11) is 6.13. The minimum Gasteiger partial charge on any atom is -0.363 e. The van der Waals surface area contributed by atoms with Crippen LogP contribution in [-0.2, 0) is 13.6 Å². The topological polar surface area (TPSA) is 37.2 Å². The van der Waals surface area contributed by atoms with E-state index in [0.29, 0.717) is 6.04 Å². The number of aromatic nitrogens is 3. The molecule has 1 fully saturated rings. The first kappa shape index (κ1) is 14.1. The minimum atomic E-state index is 0.488. The Kier molecular flexibility index (Phi) is 3.92. The molecule has 0 aliphatic carbocycles. The van der Waals surface area contributed by atoms with E-state index < -0.39 is 0 Å². The zero-order chi connectivity index (χ0) is 14.8. The maximum Gasteiger partial charge on any atom is 0.128 e. The summed E-state index contributed by atoms with van der Waals surface area (Å²) in [6.45, 7) is 2.11. The Morgan fingerprint density at radius 3 is 2.95 bits per heavy atom. The number of hydrogen-bond donors (Lipinski definition) is 0. The third kappa shape index (κ3) is 2.93. The van der Waals surface area contributed by atoms with Crippen molar-refractivity contribution < 1.29 is 0 Å². The molecule has 0 aromatic carbocycles. The number of anilines is 1. The second-order valence-corrected chi connectivity index (χ2v) is 5.97. The quantitative estimate of drug-likeness (QED) is 0.863. The lowest BCUT2D eigenvalue weighted by atomic mass is 10.1. The molecule has 1 atom stereocenters. The smallest absolute Gasteiger partial charge is 0.128 e. The van der Waals surface area contributed by atoms with Gasteiger partial charge in [0.15, 0.2) is 0 Å². The van der Waals surface area contributed by atoms with E-state index in [-0.39, 0.29) is 0 Å². The summed E-state index contributed by atoms with van der Waals surface area (Å²) < 4.78 is 2.10. The maximum absolute atomic E-state index is 4.42. The average molecular weight is 285 g/mol. The molecule has 1 aliphatic rings. The van der Waals surface area contributed by atoms with Gasteiger partial charge in [-0.1, -0.05) is 0 Å². The standard InChI is InChI=1S/C16H23N5/c1-19(2)16-9-13(6-7-18-16)15-5-4-8-21(15)11-14-10-17-12-20(14)3/h6-7,9-10,12,15H,4-5,8,11H2,1-3H3. The van der Waals surface area contributed by atoms with E-state index in [9.17, 15) is 0 Å². The van der Waals surface area contributed by atoms with Gasteiger partial charge in [0.2, 0.25) is 0 Å². The van der Waals surface area contributed by atoms with Gasteiger partial charge < -0.3 is 9.47 Å². The number of imidazole rings is 1. The minimum absolute atomic E-state index is 0.488. The van der Waals surface area contributed by atoms with E-state index in [4.69, 9.17) is 0 Å². The molecule has 0 radical (unpaired) electrons. The number of nitrogens with zero attached hydrogens (tertiary/aromatic N) is 5. The van der Waals surface area contributed by atoms with E-state index in [1.54, 1.807) is 0 Å². The molecule has 5 nitrogen and oxygen atoms in total. The zero-order valence-corrected chi connectivity index (χ0v) is 13.0. The Balaban J connectivity index is 1.80. The van der Waals surface area contributed by atoms with Crippen LogP contribution in [-0.4, -0.2) is 40.1 Å². The van der Waals surface area contributed by atoms with Gasteiger partial charge >= 0.3 is 0 Å². The van der Waals surface area contributed by atoms with E-state index in [0.717, 1.165) is 18.9 Å². The molecule has 0 spiro atoms. The molecule has 21 heavy (non-hydrogen) atoms. The molecule has 0 saturated carbocycles. The molecule has 2 aromatic heterocycles. The van der Waals surface area contributed by atoms with Crippen molar-refractivity contribution in [1.82, 2.24) is 19.4 Å². The largest absolute Gasteiger partial charge is 0.363 e. The molecule has 3 heterocycles. The molecular weight excluding hydrogens is 262 g/mol. The van der Waals surface area contributed by atoms with Crippen LogP contribution < -0.4 is 4.90 Å². The predicted octanol–water partition coefficient (Wildman–Crippen LogP) is 2.22. The molecule has 0 amide bonds. The van der Waals surface area contributed by atoms with Crippen molar-refractivity contribution in [2.75, 3.05) is 25.5 Å². The molecule has 2 aromatic rings. The van der Waals surface area contributed by atoms with Crippen LogP contribution in [0.3, 0.4) is 0 Å². The fraction of sp³-hybridized carbons (Fsp3) is 0.500. The second kappa shape index (κ2) is 5.85. The van der Waals surface area contributed by atoms with E-state index in [1.165, 1.54) is 24.1 Å². The first-order valence-electron chi connectivity index (χ1n) is 7.47. The molecule has 1 aliphatic heterocycles. The van der Waals surface area contributed by atoms with Crippen LogP contribution >= 0.6 is 0 Å². The molecule has 0 bridgehead atoms. The van der Waals surface area contributed by atoms with Crippen LogP contribution in [0.5, 0.6) is 0 Å². The monoisotopic (exact) mass is 285 g/mol. The third-order valence-electron chi connectivity index (χ3n) is 4.26. The number of pyridine rings is 1. The first-order chi connectivity index (χ1) is 10.1. The van der Waals surface area contributed by atoms with Crippen molar-refractivity contribution in [1.29, 1.82) is 0 Å². The van der Waals surface area contributed by atoms with E-state index >= 15 is 0 Å². The van der Waals surface area contributed by atoms with Crippen LogP contribution in [0.2, 0.25) is 0 Å². The van der Waals surface area contributed by atoms with Crippen molar-refractivity contribution in [2.45, 2.75) is 25.4 Å². The van der Waals surface area contributed by atoms with Gasteiger partial charge in [0, 0.05) is 46.1 Å². The molecule has 0 N–H and O–H groups in total. The van der Waals surface area contributed by atoms with Crippen LogP contribution in [0.4, 0.5) is 5.82 Å². The molecule has 1 unspecified atom stereocenters. The Morgan fingerprint density at radius 1 is 1.38 bits per heavy atom. The molecule has 1 saturated heterocycles. The number of hydrogen-bond acceptors (Lipinski definition) is 4. The maximum atomic E-state index is 4.42. The summed E-state index contributed by atoms with van der Waals surface area (Å²) in [6, 6.07) is 4.85. The molecular formula is C16H23N5. The summed E-state index contributed by atoms with van der Waals surface area (Å²) in [6.07, 6.45) is 8.23. The SMILES string of the molecule is CN(C)c1cc(C2CCCN2Cc2cncn2C)ccn1. The molecule has 3 rings (SSSR count). The highest BCUT2D eigenvalue weighted by Gasteiger charge is 2.27. The summed E-state index contributed by atoms with van der Waals surface area (Å²) in [5, 5.41) is 0. The van der Waals surface area contributed by atoms with Crippen LogP contribution in [0, 0.1) is 0 Å². The average Bonchev–Trinajstić information content (AvgIpc) is 3.09. The van der Waals surface area contributed by atoms with E-state index in [1.807, 2.05) is 32.8 Å². The zero-order valence-electron chi connectivity index (χ0n) is 13.0. The van der Waals surface area contributed by atoms with Gasteiger partial charge in [0.25, 0.3) is 0 Å². The Labute approximate surface area is 126 Å². The normalized spacial score (nSPS) is 19.1. The fourth-order valence-corrected chi connectivity index (χ4v) is 3.02. The van der Waals surface area contributed by atoms with Crippen LogP contribution in [0.25, 0.3) is 0 Å². The van der Waals surface area contributed by atoms with Gasteiger partial charge in [-0.25, -0.2) is 9.97 Å². The van der Waals surface area contributed by atoms with Gasteiger partial charge in [-0.3, -0.25) is 4.90 Å². The highest BCUT2D eigenvalue weighted by Crippen LogP contribution is 2.33. The lowest BCUT2D eigenvalue weighted by molar-refractivity contribution is 0.243. The van der Waals surface area contributed by atoms with Crippen LogP contribution in [0.1, 0.15) is 30.1 Å². The summed E-state index contributed by atoms with van der Waals surface area (Å²) in [4.78, 5) is 13.2. The van der Waals surface area contributed by atoms with Gasteiger partial charge in [-0.15, -0.1) is 0 Å². The van der Waals surface area contributed by atoms with Crippen molar-refractivity contribution in [3.05, 3.63) is 42.1 Å². The van der Waals surface area contributed by atoms with Crippen LogP contribution in [0.15, 0.2) is 30.9 Å². The van der Waals surface area contributed by atoms with Gasteiger partial charge in [-0.2, -0.15) is 0 Å². The first-order valence-corrected chi connectivity index (χ1v) is 7.47. The Hall–Kier alpha value is -1.88. The van der Waals surface area contributed by atoms with Gasteiger partial charge in [0.1, 0.15) is 5.82 Å². The third-order valence-corrected chi connectivity index (χ3v) is 4.26. The van der Waals surface area contributed by atoms with Crippen molar-refractivity contribution in [2.24, 2.45) is 7.05 Å². The van der Waals surface area contributed by atoms with Crippen molar-refractivity contribution in [3.8, 4) is 0 Å². The summed E-state index contributed by atoms with van der Waals surface area (Å²) >= 11 is 0. The van der Waals surface area contributed by atoms with Crippen molar-refractivity contribution >= 4 is 5.82 Å². The highest BCUT2D eigenvalue weighted by atomic mass is 15.2. The predicted molar refractivity (Wildman–Crippen MR) is 84.2 cm³/mol. The van der Waals surface area contributed by atoms with Gasteiger partial charge in [-0.05, 0) is 37.1 Å². The molecule has 5 heteroatoms. The number of rotatable bonds is 4.